The van der Waals surface area contributed by atoms with Gasteiger partial charge in [0.25, 0.3) is 0 Å². The van der Waals surface area contributed by atoms with E-state index in [1.54, 1.807) is 0 Å². The molecule has 5 nitrogen and oxygen atoms in total. The van der Waals surface area contributed by atoms with Crippen LogP contribution in [0.4, 0.5) is 0 Å². The number of benzene rings is 11. The SMILES string of the molecule is Cc1ccc2c(c1)c1ccccc1n2-c1c(-c2ccc(-n3c4ccccc4c4ccccc43)cc2)cc(-c2cc(-c3ccccc3)nc(-c3ccccc3)n2)cc1-c1ccc(-n2c3ccccc3c3ccccc32)cc1. The Morgan fingerprint density at radius 1 is 0.263 bits per heavy atom. The fourth-order valence-electron chi connectivity index (χ4n) is 11.8. The summed E-state index contributed by atoms with van der Waals surface area (Å²) in [6.07, 6.45) is 0. The molecular formula is C71H47N5. The summed E-state index contributed by atoms with van der Waals surface area (Å²) in [4.78, 5) is 10.7. The number of rotatable bonds is 8. The van der Waals surface area contributed by atoms with Crippen molar-refractivity contribution in [3.05, 3.63) is 272 Å². The topological polar surface area (TPSA) is 40.6 Å². The lowest BCUT2D eigenvalue weighted by molar-refractivity contribution is 1.16. The van der Waals surface area contributed by atoms with Gasteiger partial charge < -0.3 is 13.7 Å². The van der Waals surface area contributed by atoms with Crippen LogP contribution in [0.1, 0.15) is 5.56 Å². The molecule has 15 aromatic rings. The lowest BCUT2D eigenvalue weighted by Crippen LogP contribution is -2.03. The largest absolute Gasteiger partial charge is 0.309 e. The fourth-order valence-corrected chi connectivity index (χ4v) is 11.8. The first-order chi connectivity index (χ1) is 37.6. The quantitative estimate of drug-likeness (QED) is 0.152. The predicted molar refractivity (Wildman–Crippen MR) is 317 cm³/mol. The monoisotopic (exact) mass is 969 g/mol. The van der Waals surface area contributed by atoms with Crippen molar-refractivity contribution in [1.29, 1.82) is 0 Å². The van der Waals surface area contributed by atoms with Crippen molar-refractivity contribution in [2.75, 3.05) is 0 Å². The molecule has 4 heterocycles. The zero-order valence-corrected chi connectivity index (χ0v) is 41.6. The van der Waals surface area contributed by atoms with Gasteiger partial charge >= 0.3 is 0 Å². The molecular weight excluding hydrogens is 923 g/mol. The van der Waals surface area contributed by atoms with E-state index < -0.39 is 0 Å². The van der Waals surface area contributed by atoms with E-state index in [4.69, 9.17) is 9.97 Å². The van der Waals surface area contributed by atoms with Crippen molar-refractivity contribution in [1.82, 2.24) is 23.7 Å². The van der Waals surface area contributed by atoms with Crippen LogP contribution in [0.15, 0.2) is 267 Å². The van der Waals surface area contributed by atoms with Gasteiger partial charge in [0.2, 0.25) is 0 Å². The number of para-hydroxylation sites is 5. The first-order valence-electron chi connectivity index (χ1n) is 26.0. The van der Waals surface area contributed by atoms with Crippen LogP contribution in [-0.2, 0) is 0 Å². The van der Waals surface area contributed by atoms with Crippen molar-refractivity contribution in [3.63, 3.8) is 0 Å². The smallest absolute Gasteiger partial charge is 0.160 e. The summed E-state index contributed by atoms with van der Waals surface area (Å²) in [5.41, 5.74) is 20.5. The molecule has 4 aromatic heterocycles. The Morgan fingerprint density at radius 3 is 1.09 bits per heavy atom. The maximum atomic E-state index is 5.46. The summed E-state index contributed by atoms with van der Waals surface area (Å²) in [6.45, 7) is 2.18. The Bertz CT molecular complexity index is 4390. The Labute approximate surface area is 439 Å². The van der Waals surface area contributed by atoms with Crippen LogP contribution in [0, 0.1) is 6.92 Å². The van der Waals surface area contributed by atoms with Crippen LogP contribution in [0.2, 0.25) is 0 Å². The zero-order valence-electron chi connectivity index (χ0n) is 41.6. The van der Waals surface area contributed by atoms with Crippen molar-refractivity contribution >= 4 is 65.4 Å². The van der Waals surface area contributed by atoms with E-state index >= 15 is 0 Å². The molecule has 0 spiro atoms. The lowest BCUT2D eigenvalue weighted by Gasteiger charge is -2.22. The number of hydrogen-bond acceptors (Lipinski definition) is 2. The summed E-state index contributed by atoms with van der Waals surface area (Å²) in [5.74, 6) is 0.674. The van der Waals surface area contributed by atoms with Crippen molar-refractivity contribution < 1.29 is 0 Å². The van der Waals surface area contributed by atoms with E-state index in [2.05, 4.69) is 281 Å². The van der Waals surface area contributed by atoms with Gasteiger partial charge in [0.05, 0.1) is 50.2 Å². The summed E-state index contributed by atoms with van der Waals surface area (Å²) < 4.78 is 7.29. The number of aryl methyl sites for hydroxylation is 1. The average molecular weight is 970 g/mol. The van der Waals surface area contributed by atoms with Crippen molar-refractivity contribution in [2.45, 2.75) is 6.92 Å². The van der Waals surface area contributed by atoms with Crippen LogP contribution in [0.25, 0.3) is 139 Å². The second kappa shape index (κ2) is 17.5. The highest BCUT2D eigenvalue weighted by molar-refractivity contribution is 6.12. The second-order valence-electron chi connectivity index (χ2n) is 19.8. The number of aromatic nitrogens is 5. The molecule has 76 heavy (non-hydrogen) atoms. The summed E-state index contributed by atoms with van der Waals surface area (Å²) >= 11 is 0. The number of fused-ring (bicyclic) bond motifs is 9. The Morgan fingerprint density at radius 2 is 0.632 bits per heavy atom. The summed E-state index contributed by atoms with van der Waals surface area (Å²) in [5, 5.41) is 7.38. The average Bonchev–Trinajstić information content (AvgIpc) is 4.16. The van der Waals surface area contributed by atoms with Crippen LogP contribution in [0.3, 0.4) is 0 Å². The van der Waals surface area contributed by atoms with Gasteiger partial charge in [0, 0.05) is 71.5 Å². The van der Waals surface area contributed by atoms with E-state index in [-0.39, 0.29) is 0 Å². The van der Waals surface area contributed by atoms with E-state index in [0.29, 0.717) is 5.82 Å². The minimum absolute atomic E-state index is 0.674. The third-order valence-corrected chi connectivity index (χ3v) is 15.3. The van der Waals surface area contributed by atoms with Gasteiger partial charge in [-0.15, -0.1) is 0 Å². The molecule has 5 heteroatoms. The van der Waals surface area contributed by atoms with Crippen molar-refractivity contribution in [2.24, 2.45) is 0 Å². The van der Waals surface area contributed by atoms with Gasteiger partial charge in [-0.25, -0.2) is 9.97 Å². The molecule has 0 saturated heterocycles. The number of hydrogen-bond donors (Lipinski definition) is 0. The molecule has 0 bridgehead atoms. The van der Waals surface area contributed by atoms with Gasteiger partial charge in [-0.05, 0) is 103 Å². The maximum Gasteiger partial charge on any atom is 0.160 e. The zero-order chi connectivity index (χ0) is 50.3. The molecule has 0 atom stereocenters. The normalized spacial score (nSPS) is 11.8. The van der Waals surface area contributed by atoms with Crippen LogP contribution in [-0.4, -0.2) is 23.7 Å². The van der Waals surface area contributed by atoms with Gasteiger partial charge in [0.1, 0.15) is 0 Å². The molecule has 0 saturated carbocycles. The predicted octanol–water partition coefficient (Wildman–Crippen LogP) is 18.4. The summed E-state index contributed by atoms with van der Waals surface area (Å²) in [7, 11) is 0. The highest BCUT2D eigenvalue weighted by Gasteiger charge is 2.24. The first-order valence-corrected chi connectivity index (χ1v) is 26.0. The summed E-state index contributed by atoms with van der Waals surface area (Å²) in [6, 6.07) is 96.6. The third-order valence-electron chi connectivity index (χ3n) is 15.3. The van der Waals surface area contributed by atoms with E-state index in [1.165, 1.54) is 59.9 Å². The molecule has 0 fully saturated rings. The minimum Gasteiger partial charge on any atom is -0.309 e. The molecule has 0 aliphatic rings. The van der Waals surface area contributed by atoms with Gasteiger partial charge in [0.15, 0.2) is 5.82 Å². The standard InChI is InChI=1S/C71H47N5/c1-46-32-41-69-61(42-46)58-26-12-17-31-68(58)76(69)70-59(47-33-37-52(38-34-47)74-64-27-13-8-22-54(64)55-23-9-14-28-65(55)74)43-51(63-45-62(49-18-4-2-5-19-49)72-71(73-63)50-20-6-3-7-21-50)44-60(70)48-35-39-53(40-36-48)75-66-29-15-10-24-56(66)57-25-11-16-30-67(57)75/h2-45H,1H3. The third kappa shape index (κ3) is 7.01. The van der Waals surface area contributed by atoms with E-state index in [9.17, 15) is 0 Å². The lowest BCUT2D eigenvalue weighted by atomic mass is 9.91. The molecule has 356 valence electrons. The Balaban J connectivity index is 1.03. The molecule has 15 rings (SSSR count). The van der Waals surface area contributed by atoms with E-state index in [0.717, 1.165) is 78.4 Å². The molecule has 0 unspecified atom stereocenters. The van der Waals surface area contributed by atoms with Gasteiger partial charge in [-0.3, -0.25) is 0 Å². The van der Waals surface area contributed by atoms with Crippen LogP contribution in [0.5, 0.6) is 0 Å². The molecule has 11 aromatic carbocycles. The second-order valence-corrected chi connectivity index (χ2v) is 19.8. The highest BCUT2D eigenvalue weighted by atomic mass is 15.0. The minimum atomic E-state index is 0.674. The van der Waals surface area contributed by atoms with E-state index in [1.807, 2.05) is 6.07 Å². The van der Waals surface area contributed by atoms with Crippen molar-refractivity contribution in [3.8, 4) is 73.2 Å². The van der Waals surface area contributed by atoms with Gasteiger partial charge in [-0.2, -0.15) is 0 Å². The Hall–Kier alpha value is -10.1. The molecule has 0 amide bonds. The highest BCUT2D eigenvalue weighted by Crippen LogP contribution is 2.45. The van der Waals surface area contributed by atoms with Crippen LogP contribution < -0.4 is 0 Å². The molecule has 0 aliphatic carbocycles. The fraction of sp³-hybridized carbons (Fsp3) is 0.0141. The molecule has 0 aliphatic heterocycles. The van der Waals surface area contributed by atoms with Crippen LogP contribution >= 0.6 is 0 Å². The maximum absolute atomic E-state index is 5.46. The van der Waals surface area contributed by atoms with Gasteiger partial charge in [-0.1, -0.05) is 188 Å². The first kappa shape index (κ1) is 43.5. The Kier molecular flexibility index (Phi) is 10.0. The molecule has 0 N–H and O–H groups in total. The molecule has 0 radical (unpaired) electrons. The number of nitrogens with zero attached hydrogens (tertiary/aromatic N) is 5.